The Morgan fingerprint density at radius 1 is 1.29 bits per heavy atom. The average Bonchev–Trinajstić information content (AvgIpc) is 2.08. The van der Waals surface area contributed by atoms with Crippen molar-refractivity contribution in [1.82, 2.24) is 5.32 Å². The Bertz CT molecular complexity index is 294. The molecule has 1 aromatic carbocycles. The van der Waals surface area contributed by atoms with Gasteiger partial charge in [0.2, 0.25) is 0 Å². The summed E-state index contributed by atoms with van der Waals surface area (Å²) in [5, 5.41) is 3.23. The first-order valence-corrected chi connectivity index (χ1v) is 5.72. The zero-order valence-corrected chi connectivity index (χ0v) is 10.7. The Labute approximate surface area is 95.0 Å². The third-order valence-corrected chi connectivity index (χ3v) is 3.06. The number of hydrogen-bond acceptors (Lipinski definition) is 1. The lowest BCUT2D eigenvalue weighted by Gasteiger charge is -2.24. The van der Waals surface area contributed by atoms with Crippen LogP contribution in [-0.2, 0) is 6.42 Å². The van der Waals surface area contributed by atoms with Crippen molar-refractivity contribution >= 4 is 15.9 Å². The van der Waals surface area contributed by atoms with Crippen molar-refractivity contribution in [2.24, 2.45) is 5.41 Å². The fourth-order valence-corrected chi connectivity index (χ4v) is 2.12. The summed E-state index contributed by atoms with van der Waals surface area (Å²) < 4.78 is 1.21. The van der Waals surface area contributed by atoms with Crippen LogP contribution in [0.3, 0.4) is 0 Å². The maximum Gasteiger partial charge on any atom is 0.0207 e. The van der Waals surface area contributed by atoms with Crippen molar-refractivity contribution in [3.05, 3.63) is 34.3 Å². The van der Waals surface area contributed by atoms with E-state index in [9.17, 15) is 0 Å². The first kappa shape index (κ1) is 11.7. The summed E-state index contributed by atoms with van der Waals surface area (Å²) in [6, 6.07) is 8.43. The van der Waals surface area contributed by atoms with Gasteiger partial charge >= 0.3 is 0 Å². The molecule has 2 heteroatoms. The molecule has 0 aliphatic rings. The average molecular weight is 256 g/mol. The van der Waals surface area contributed by atoms with Gasteiger partial charge < -0.3 is 5.32 Å². The van der Waals surface area contributed by atoms with Gasteiger partial charge in [0.15, 0.2) is 0 Å². The zero-order chi connectivity index (χ0) is 10.6. The van der Waals surface area contributed by atoms with E-state index in [4.69, 9.17) is 0 Å². The van der Waals surface area contributed by atoms with Gasteiger partial charge in [0.05, 0.1) is 0 Å². The van der Waals surface area contributed by atoms with Gasteiger partial charge in [-0.1, -0.05) is 48.0 Å². The molecule has 78 valence electrons. The second kappa shape index (κ2) is 4.94. The Balaban J connectivity index is 2.73. The number of halogens is 1. The van der Waals surface area contributed by atoms with E-state index in [1.807, 2.05) is 7.05 Å². The monoisotopic (exact) mass is 255 g/mol. The van der Waals surface area contributed by atoms with E-state index < -0.39 is 0 Å². The van der Waals surface area contributed by atoms with Gasteiger partial charge in [-0.05, 0) is 30.5 Å². The molecule has 1 aromatic rings. The van der Waals surface area contributed by atoms with Crippen molar-refractivity contribution in [3.8, 4) is 0 Å². The molecule has 0 atom stereocenters. The summed E-state index contributed by atoms with van der Waals surface area (Å²) >= 11 is 3.58. The second-order valence-electron chi connectivity index (χ2n) is 4.46. The molecule has 0 fully saturated rings. The summed E-state index contributed by atoms with van der Waals surface area (Å²) in [6.45, 7) is 5.60. The molecule has 1 nitrogen and oxygen atoms in total. The van der Waals surface area contributed by atoms with Crippen LogP contribution in [0.1, 0.15) is 19.4 Å². The highest BCUT2D eigenvalue weighted by Gasteiger charge is 2.18. The number of hydrogen-bond donors (Lipinski definition) is 1. The molecule has 0 aromatic heterocycles. The SMILES string of the molecule is CNCC(C)(C)Cc1ccccc1Br. The summed E-state index contributed by atoms with van der Waals surface area (Å²) in [6.07, 6.45) is 1.09. The summed E-state index contributed by atoms with van der Waals surface area (Å²) in [5.41, 5.74) is 1.69. The Hall–Kier alpha value is -0.340. The maximum absolute atomic E-state index is 3.58. The molecule has 0 bridgehead atoms. The largest absolute Gasteiger partial charge is 0.319 e. The normalized spacial score (nSPS) is 11.7. The van der Waals surface area contributed by atoms with E-state index >= 15 is 0 Å². The first-order valence-electron chi connectivity index (χ1n) is 4.93. The molecule has 0 spiro atoms. The number of rotatable bonds is 4. The Kier molecular flexibility index (Phi) is 4.14. The molecule has 0 unspecified atom stereocenters. The van der Waals surface area contributed by atoms with E-state index in [1.54, 1.807) is 0 Å². The molecular weight excluding hydrogens is 238 g/mol. The summed E-state index contributed by atoms with van der Waals surface area (Å²) in [5.74, 6) is 0. The van der Waals surface area contributed by atoms with Crippen molar-refractivity contribution in [3.63, 3.8) is 0 Å². The predicted octanol–water partition coefficient (Wildman–Crippen LogP) is 3.24. The van der Waals surface area contributed by atoms with Gasteiger partial charge in [-0.3, -0.25) is 0 Å². The van der Waals surface area contributed by atoms with Crippen LogP contribution in [0, 0.1) is 5.41 Å². The van der Waals surface area contributed by atoms with Crippen LogP contribution in [0.15, 0.2) is 28.7 Å². The quantitative estimate of drug-likeness (QED) is 0.872. The van der Waals surface area contributed by atoms with Crippen molar-refractivity contribution < 1.29 is 0 Å². The lowest BCUT2D eigenvalue weighted by molar-refractivity contribution is 0.349. The van der Waals surface area contributed by atoms with Gasteiger partial charge in [0.1, 0.15) is 0 Å². The summed E-state index contributed by atoms with van der Waals surface area (Å²) in [7, 11) is 2.00. The highest BCUT2D eigenvalue weighted by Crippen LogP contribution is 2.25. The molecule has 0 aliphatic heterocycles. The third-order valence-electron chi connectivity index (χ3n) is 2.28. The lowest BCUT2D eigenvalue weighted by atomic mass is 9.86. The molecule has 0 saturated heterocycles. The minimum absolute atomic E-state index is 0.304. The first-order chi connectivity index (χ1) is 6.55. The molecule has 0 amide bonds. The van der Waals surface area contributed by atoms with Gasteiger partial charge in [0.25, 0.3) is 0 Å². The fourth-order valence-electron chi connectivity index (χ4n) is 1.70. The van der Waals surface area contributed by atoms with Crippen LogP contribution in [0.4, 0.5) is 0 Å². The standard InChI is InChI=1S/C12H18BrN/c1-12(2,9-14-3)8-10-6-4-5-7-11(10)13/h4-7,14H,8-9H2,1-3H3. The van der Waals surface area contributed by atoms with Crippen LogP contribution in [-0.4, -0.2) is 13.6 Å². The molecule has 0 saturated carbocycles. The van der Waals surface area contributed by atoms with Crippen LogP contribution in [0.2, 0.25) is 0 Å². The van der Waals surface area contributed by atoms with E-state index in [0.29, 0.717) is 5.41 Å². The van der Waals surface area contributed by atoms with Crippen molar-refractivity contribution in [2.45, 2.75) is 20.3 Å². The Morgan fingerprint density at radius 3 is 2.50 bits per heavy atom. The number of nitrogens with one attached hydrogen (secondary N) is 1. The number of benzene rings is 1. The third kappa shape index (κ3) is 3.43. The highest BCUT2D eigenvalue weighted by molar-refractivity contribution is 9.10. The fraction of sp³-hybridized carbons (Fsp3) is 0.500. The smallest absolute Gasteiger partial charge is 0.0207 e. The predicted molar refractivity (Wildman–Crippen MR) is 65.6 cm³/mol. The Morgan fingerprint density at radius 2 is 1.93 bits per heavy atom. The van der Waals surface area contributed by atoms with Crippen LogP contribution < -0.4 is 5.32 Å². The van der Waals surface area contributed by atoms with E-state index in [0.717, 1.165) is 13.0 Å². The second-order valence-corrected chi connectivity index (χ2v) is 5.32. The van der Waals surface area contributed by atoms with Gasteiger partial charge in [-0.2, -0.15) is 0 Å². The minimum Gasteiger partial charge on any atom is -0.319 e. The molecule has 0 heterocycles. The molecule has 0 radical (unpaired) electrons. The van der Waals surface area contributed by atoms with Crippen molar-refractivity contribution in [2.75, 3.05) is 13.6 Å². The molecular formula is C12H18BrN. The van der Waals surface area contributed by atoms with E-state index in [1.165, 1.54) is 10.0 Å². The zero-order valence-electron chi connectivity index (χ0n) is 9.10. The molecule has 1 rings (SSSR count). The van der Waals surface area contributed by atoms with Gasteiger partial charge in [0, 0.05) is 11.0 Å². The highest BCUT2D eigenvalue weighted by atomic mass is 79.9. The maximum atomic E-state index is 3.58. The topological polar surface area (TPSA) is 12.0 Å². The van der Waals surface area contributed by atoms with Crippen LogP contribution >= 0.6 is 15.9 Å². The molecule has 0 aliphatic carbocycles. The van der Waals surface area contributed by atoms with E-state index in [2.05, 4.69) is 59.4 Å². The van der Waals surface area contributed by atoms with Gasteiger partial charge in [-0.25, -0.2) is 0 Å². The van der Waals surface area contributed by atoms with Crippen molar-refractivity contribution in [1.29, 1.82) is 0 Å². The lowest BCUT2D eigenvalue weighted by Crippen LogP contribution is -2.28. The van der Waals surface area contributed by atoms with Crippen LogP contribution in [0.25, 0.3) is 0 Å². The van der Waals surface area contributed by atoms with Crippen LogP contribution in [0.5, 0.6) is 0 Å². The van der Waals surface area contributed by atoms with Gasteiger partial charge in [-0.15, -0.1) is 0 Å². The molecule has 1 N–H and O–H groups in total. The summed E-state index contributed by atoms with van der Waals surface area (Å²) in [4.78, 5) is 0. The van der Waals surface area contributed by atoms with E-state index in [-0.39, 0.29) is 0 Å². The molecule has 14 heavy (non-hydrogen) atoms. The minimum atomic E-state index is 0.304.